The van der Waals surface area contributed by atoms with Crippen LogP contribution in [0.2, 0.25) is 0 Å². The Labute approximate surface area is 143 Å². The van der Waals surface area contributed by atoms with Crippen molar-refractivity contribution in [1.29, 1.82) is 0 Å². The molecule has 1 aromatic heterocycles. The molecule has 9 heteroatoms. The van der Waals surface area contributed by atoms with E-state index >= 15 is 0 Å². The molecule has 2 aromatic rings. The van der Waals surface area contributed by atoms with E-state index in [0.717, 1.165) is 5.56 Å². The van der Waals surface area contributed by atoms with Gasteiger partial charge in [-0.2, -0.15) is 0 Å². The van der Waals surface area contributed by atoms with Gasteiger partial charge in [0.25, 0.3) is 11.6 Å². The van der Waals surface area contributed by atoms with Gasteiger partial charge in [-0.25, -0.2) is 4.98 Å². The van der Waals surface area contributed by atoms with Gasteiger partial charge in [0.15, 0.2) is 0 Å². The fourth-order valence-corrected chi connectivity index (χ4v) is 2.61. The molecule has 7 nitrogen and oxygen atoms in total. The summed E-state index contributed by atoms with van der Waals surface area (Å²) in [7, 11) is 3.55. The number of hydrogen-bond acceptors (Lipinski definition) is 6. The highest BCUT2D eigenvalue weighted by Gasteiger charge is 2.16. The number of carbonyl (C=O) groups is 1. The van der Waals surface area contributed by atoms with Crippen molar-refractivity contribution < 1.29 is 9.72 Å². The molecule has 0 saturated heterocycles. The summed E-state index contributed by atoms with van der Waals surface area (Å²) in [6, 6.07) is 6.13. The third kappa shape index (κ3) is 4.72. The van der Waals surface area contributed by atoms with Crippen LogP contribution in [0.15, 0.2) is 29.6 Å². The number of halogens is 1. The zero-order valence-electron chi connectivity index (χ0n) is 12.7. The van der Waals surface area contributed by atoms with Gasteiger partial charge in [-0.3, -0.25) is 14.9 Å². The van der Waals surface area contributed by atoms with E-state index in [1.54, 1.807) is 29.5 Å². The molecule has 1 amide bonds. The summed E-state index contributed by atoms with van der Waals surface area (Å²) in [6.45, 7) is 1.31. The van der Waals surface area contributed by atoms with Gasteiger partial charge in [0, 0.05) is 43.2 Å². The summed E-state index contributed by atoms with van der Waals surface area (Å²) < 4.78 is 0. The maximum atomic E-state index is 12.2. The second kappa shape index (κ2) is 8.56. The van der Waals surface area contributed by atoms with Gasteiger partial charge in [-0.1, -0.05) is 0 Å². The molecule has 1 N–H and O–H groups in total. The number of hydrogen-bond donors (Lipinski definition) is 1. The van der Waals surface area contributed by atoms with Crippen LogP contribution in [-0.2, 0) is 0 Å². The van der Waals surface area contributed by atoms with E-state index < -0.39 is 4.92 Å². The molecule has 124 valence electrons. The Morgan fingerprint density at radius 2 is 2.04 bits per heavy atom. The fourth-order valence-electron chi connectivity index (χ4n) is 1.81. The molecule has 0 aliphatic rings. The third-order valence-corrected chi connectivity index (χ3v) is 3.98. The van der Waals surface area contributed by atoms with Crippen molar-refractivity contribution in [1.82, 2.24) is 15.2 Å². The van der Waals surface area contributed by atoms with E-state index in [1.807, 2.05) is 7.05 Å². The summed E-state index contributed by atoms with van der Waals surface area (Å²) in [5, 5.41) is 16.0. The summed E-state index contributed by atoms with van der Waals surface area (Å²) in [6.07, 6.45) is 0. The topological polar surface area (TPSA) is 88.4 Å². The van der Waals surface area contributed by atoms with Crippen LogP contribution in [0.4, 0.5) is 5.69 Å². The lowest BCUT2D eigenvalue weighted by atomic mass is 10.2. The monoisotopic (exact) mass is 356 g/mol. The molecule has 0 fully saturated rings. The molecule has 0 atom stereocenters. The zero-order chi connectivity index (χ0) is 16.1. The van der Waals surface area contributed by atoms with Crippen LogP contribution in [0.3, 0.4) is 0 Å². The molecule has 0 aliphatic heterocycles. The number of amides is 1. The first-order chi connectivity index (χ1) is 10.5. The number of rotatable bonds is 6. The van der Waals surface area contributed by atoms with Gasteiger partial charge in [0.05, 0.1) is 4.92 Å². The van der Waals surface area contributed by atoms with Crippen molar-refractivity contribution in [3.8, 4) is 10.6 Å². The summed E-state index contributed by atoms with van der Waals surface area (Å²) in [4.78, 5) is 28.3. The molecule has 1 aromatic carbocycles. The number of benzene rings is 1. The van der Waals surface area contributed by atoms with Crippen LogP contribution < -0.4 is 5.32 Å². The van der Waals surface area contributed by atoms with Crippen molar-refractivity contribution >= 4 is 35.3 Å². The lowest BCUT2D eigenvalue weighted by Gasteiger charge is -2.15. The van der Waals surface area contributed by atoms with E-state index in [4.69, 9.17) is 0 Å². The normalized spacial score (nSPS) is 10.0. The van der Waals surface area contributed by atoms with Crippen LogP contribution in [0.5, 0.6) is 0 Å². The minimum Gasteiger partial charge on any atom is -0.339 e. The van der Waals surface area contributed by atoms with E-state index in [0.29, 0.717) is 23.8 Å². The molecule has 0 bridgehead atoms. The van der Waals surface area contributed by atoms with Gasteiger partial charge in [-0.05, 0) is 19.2 Å². The van der Waals surface area contributed by atoms with Gasteiger partial charge in [0.1, 0.15) is 10.7 Å². The number of nitro groups is 1. The molecule has 2 rings (SSSR count). The number of nitrogens with zero attached hydrogens (tertiary/aromatic N) is 3. The van der Waals surface area contributed by atoms with Gasteiger partial charge in [0.2, 0.25) is 0 Å². The van der Waals surface area contributed by atoms with Crippen LogP contribution in [0, 0.1) is 10.1 Å². The summed E-state index contributed by atoms with van der Waals surface area (Å²) >= 11 is 1.34. The molecule has 23 heavy (non-hydrogen) atoms. The predicted octanol–water partition coefficient (Wildman–Crippen LogP) is 2.43. The van der Waals surface area contributed by atoms with E-state index in [2.05, 4.69) is 10.3 Å². The van der Waals surface area contributed by atoms with Crippen molar-refractivity contribution in [2.45, 2.75) is 0 Å². The number of aromatic nitrogens is 1. The Kier molecular flexibility index (Phi) is 7.08. The molecule has 1 heterocycles. The molecule has 0 aliphatic carbocycles. The largest absolute Gasteiger partial charge is 0.339 e. The average molecular weight is 357 g/mol. The highest BCUT2D eigenvalue weighted by molar-refractivity contribution is 7.13. The number of nitro benzene ring substituents is 1. The lowest BCUT2D eigenvalue weighted by Crippen LogP contribution is -2.32. The van der Waals surface area contributed by atoms with Gasteiger partial charge >= 0.3 is 0 Å². The second-order valence-electron chi connectivity index (χ2n) is 4.67. The third-order valence-electron chi connectivity index (χ3n) is 3.09. The molecule has 0 unspecified atom stereocenters. The Morgan fingerprint density at radius 1 is 1.39 bits per heavy atom. The van der Waals surface area contributed by atoms with Crippen molar-refractivity contribution in [3.05, 3.63) is 45.5 Å². The van der Waals surface area contributed by atoms with Gasteiger partial charge < -0.3 is 10.2 Å². The first-order valence-corrected chi connectivity index (χ1v) is 7.51. The Hall–Kier alpha value is -2.03. The summed E-state index contributed by atoms with van der Waals surface area (Å²) in [5.74, 6) is -0.139. The summed E-state index contributed by atoms with van der Waals surface area (Å²) in [5.41, 5.74) is 1.17. The van der Waals surface area contributed by atoms with Crippen LogP contribution in [0.1, 0.15) is 10.5 Å². The Morgan fingerprint density at radius 3 is 2.61 bits per heavy atom. The van der Waals surface area contributed by atoms with Crippen LogP contribution in [-0.4, -0.2) is 47.9 Å². The zero-order valence-corrected chi connectivity index (χ0v) is 14.3. The molecule has 0 saturated carbocycles. The number of thiazole rings is 1. The smallest absolute Gasteiger partial charge is 0.273 e. The molecule has 0 radical (unpaired) electrons. The van der Waals surface area contributed by atoms with Gasteiger partial charge in [-0.15, -0.1) is 23.7 Å². The highest BCUT2D eigenvalue weighted by Crippen LogP contribution is 2.26. The Bertz CT molecular complexity index is 675. The number of likely N-dealkylation sites (N-methyl/N-ethyl adjacent to an activating group) is 2. The highest BCUT2D eigenvalue weighted by atomic mass is 35.5. The minimum absolute atomic E-state index is 0. The number of carbonyl (C=O) groups excluding carboxylic acids is 1. The molecular weight excluding hydrogens is 340 g/mol. The number of nitrogens with one attached hydrogen (secondary N) is 1. The van der Waals surface area contributed by atoms with Crippen LogP contribution >= 0.6 is 23.7 Å². The van der Waals surface area contributed by atoms with E-state index in [9.17, 15) is 14.9 Å². The molecular formula is C14H17ClN4O3S. The van der Waals surface area contributed by atoms with Crippen molar-refractivity contribution in [3.63, 3.8) is 0 Å². The van der Waals surface area contributed by atoms with Crippen molar-refractivity contribution in [2.75, 3.05) is 27.2 Å². The SMILES string of the molecule is CNCCN(C)C(=O)c1csc(-c2ccc([N+](=O)[O-])cc2)n1.Cl. The first-order valence-electron chi connectivity index (χ1n) is 6.63. The number of non-ortho nitro benzene ring substituents is 1. The maximum absolute atomic E-state index is 12.2. The quantitative estimate of drug-likeness (QED) is 0.634. The molecule has 0 spiro atoms. The standard InChI is InChI=1S/C14H16N4O3S.ClH/c1-15-7-8-17(2)14(19)12-9-22-13(16-12)10-3-5-11(6-4-10)18(20)21;/h3-6,9,15H,7-8H2,1-2H3;1H. The second-order valence-corrected chi connectivity index (χ2v) is 5.53. The average Bonchev–Trinajstić information content (AvgIpc) is 3.01. The van der Waals surface area contributed by atoms with Crippen molar-refractivity contribution in [2.24, 2.45) is 0 Å². The first kappa shape index (κ1) is 19.0. The Balaban J connectivity index is 0.00000264. The maximum Gasteiger partial charge on any atom is 0.273 e. The fraction of sp³-hybridized carbons (Fsp3) is 0.286. The lowest BCUT2D eigenvalue weighted by molar-refractivity contribution is -0.384. The van der Waals surface area contributed by atoms with E-state index in [1.165, 1.54) is 23.5 Å². The van der Waals surface area contributed by atoms with E-state index in [-0.39, 0.29) is 24.0 Å². The predicted molar refractivity (Wildman–Crippen MR) is 92.3 cm³/mol. The minimum atomic E-state index is -0.447. The van der Waals surface area contributed by atoms with Crippen LogP contribution in [0.25, 0.3) is 10.6 Å².